The van der Waals surface area contributed by atoms with Crippen LogP contribution < -0.4 is 4.74 Å². The number of nitro groups is 1. The molecule has 1 unspecified atom stereocenters. The predicted octanol–water partition coefficient (Wildman–Crippen LogP) is 2.99. The van der Waals surface area contributed by atoms with Crippen molar-refractivity contribution in [2.75, 3.05) is 0 Å². The van der Waals surface area contributed by atoms with Crippen molar-refractivity contribution in [3.63, 3.8) is 0 Å². The average Bonchev–Trinajstić information content (AvgIpc) is 2.28. The van der Waals surface area contributed by atoms with Gasteiger partial charge in [-0.15, -0.1) is 0 Å². The van der Waals surface area contributed by atoms with Crippen LogP contribution in [-0.2, 0) is 4.79 Å². The second kappa shape index (κ2) is 6.34. The molecule has 18 heavy (non-hydrogen) atoms. The van der Waals surface area contributed by atoms with Gasteiger partial charge in [0.15, 0.2) is 5.75 Å². The zero-order valence-corrected chi connectivity index (χ0v) is 11.2. The van der Waals surface area contributed by atoms with E-state index >= 15 is 0 Å². The van der Waals surface area contributed by atoms with Crippen LogP contribution in [0.25, 0.3) is 0 Å². The standard InChI is InChI=1S/C11H12BrNO5/c1-7(2-5-11(14)15)18-10-4-3-8(12)6-9(10)13(16)17/h3-4,6-7H,2,5H2,1H3,(H,14,15). The molecule has 98 valence electrons. The molecular formula is C11H12BrNO5. The maximum atomic E-state index is 10.8. The fourth-order valence-electron chi connectivity index (χ4n) is 1.34. The van der Waals surface area contributed by atoms with Crippen LogP contribution in [-0.4, -0.2) is 22.1 Å². The lowest BCUT2D eigenvalue weighted by molar-refractivity contribution is -0.386. The Morgan fingerprint density at radius 3 is 2.83 bits per heavy atom. The summed E-state index contributed by atoms with van der Waals surface area (Å²) in [5.41, 5.74) is -0.147. The van der Waals surface area contributed by atoms with E-state index in [-0.39, 0.29) is 17.9 Å². The van der Waals surface area contributed by atoms with Crippen LogP contribution in [0.2, 0.25) is 0 Å². The summed E-state index contributed by atoms with van der Waals surface area (Å²) in [5.74, 6) is -0.781. The lowest BCUT2D eigenvalue weighted by Gasteiger charge is -2.13. The van der Waals surface area contributed by atoms with Gasteiger partial charge in [0, 0.05) is 17.0 Å². The van der Waals surface area contributed by atoms with Crippen molar-refractivity contribution in [3.8, 4) is 5.75 Å². The maximum Gasteiger partial charge on any atom is 0.312 e. The molecule has 0 bridgehead atoms. The van der Waals surface area contributed by atoms with Gasteiger partial charge < -0.3 is 9.84 Å². The summed E-state index contributed by atoms with van der Waals surface area (Å²) in [4.78, 5) is 20.7. The molecule has 0 aliphatic heterocycles. The minimum Gasteiger partial charge on any atom is -0.484 e. The highest BCUT2D eigenvalue weighted by atomic mass is 79.9. The van der Waals surface area contributed by atoms with Crippen LogP contribution in [0.4, 0.5) is 5.69 Å². The maximum absolute atomic E-state index is 10.8. The quantitative estimate of drug-likeness (QED) is 0.643. The first-order chi connectivity index (χ1) is 8.40. The Morgan fingerprint density at radius 2 is 2.28 bits per heavy atom. The normalized spacial score (nSPS) is 11.9. The molecule has 0 saturated carbocycles. The van der Waals surface area contributed by atoms with Gasteiger partial charge in [0.25, 0.3) is 0 Å². The number of aliphatic carboxylic acids is 1. The Balaban J connectivity index is 2.77. The highest BCUT2D eigenvalue weighted by molar-refractivity contribution is 9.10. The van der Waals surface area contributed by atoms with Crippen LogP contribution in [0.3, 0.4) is 0 Å². The van der Waals surface area contributed by atoms with Gasteiger partial charge in [0.1, 0.15) is 0 Å². The van der Waals surface area contributed by atoms with Crippen LogP contribution in [0.15, 0.2) is 22.7 Å². The number of ether oxygens (including phenoxy) is 1. The summed E-state index contributed by atoms with van der Waals surface area (Å²) in [7, 11) is 0. The van der Waals surface area contributed by atoms with Gasteiger partial charge in [0.2, 0.25) is 0 Å². The summed E-state index contributed by atoms with van der Waals surface area (Å²) >= 11 is 3.14. The van der Waals surface area contributed by atoms with Gasteiger partial charge in [-0.3, -0.25) is 14.9 Å². The van der Waals surface area contributed by atoms with E-state index in [9.17, 15) is 14.9 Å². The Kier molecular flexibility index (Phi) is 5.08. The number of halogens is 1. The van der Waals surface area contributed by atoms with E-state index in [0.29, 0.717) is 10.9 Å². The van der Waals surface area contributed by atoms with Crippen molar-refractivity contribution >= 4 is 27.6 Å². The minimum absolute atomic E-state index is 0.0362. The van der Waals surface area contributed by atoms with E-state index in [1.165, 1.54) is 12.1 Å². The lowest BCUT2D eigenvalue weighted by atomic mass is 10.2. The molecule has 7 heteroatoms. The van der Waals surface area contributed by atoms with Gasteiger partial charge in [-0.05, 0) is 25.5 Å². The number of carboxylic acid groups (broad SMARTS) is 1. The van der Waals surface area contributed by atoms with Crippen LogP contribution in [0.5, 0.6) is 5.75 Å². The van der Waals surface area contributed by atoms with E-state index in [1.807, 2.05) is 0 Å². The molecule has 0 radical (unpaired) electrons. The second-order valence-electron chi connectivity index (χ2n) is 3.73. The highest BCUT2D eigenvalue weighted by Crippen LogP contribution is 2.31. The molecular weight excluding hydrogens is 306 g/mol. The van der Waals surface area contributed by atoms with Crippen molar-refractivity contribution in [2.45, 2.75) is 25.9 Å². The monoisotopic (exact) mass is 317 g/mol. The van der Waals surface area contributed by atoms with Crippen LogP contribution in [0, 0.1) is 10.1 Å². The first-order valence-electron chi connectivity index (χ1n) is 5.22. The van der Waals surface area contributed by atoms with Crippen molar-refractivity contribution in [3.05, 3.63) is 32.8 Å². The molecule has 0 aliphatic carbocycles. The highest BCUT2D eigenvalue weighted by Gasteiger charge is 2.18. The average molecular weight is 318 g/mol. The molecule has 0 fully saturated rings. The van der Waals surface area contributed by atoms with Crippen molar-refractivity contribution in [1.29, 1.82) is 0 Å². The largest absolute Gasteiger partial charge is 0.484 e. The number of hydrogen-bond acceptors (Lipinski definition) is 4. The molecule has 0 amide bonds. The lowest BCUT2D eigenvalue weighted by Crippen LogP contribution is -2.14. The van der Waals surface area contributed by atoms with E-state index < -0.39 is 17.0 Å². The molecule has 1 aromatic rings. The Bertz CT molecular complexity index is 463. The first-order valence-corrected chi connectivity index (χ1v) is 6.02. The Morgan fingerprint density at radius 1 is 1.61 bits per heavy atom. The summed E-state index contributed by atoms with van der Waals surface area (Å²) in [5, 5.41) is 19.4. The van der Waals surface area contributed by atoms with Crippen molar-refractivity contribution in [1.82, 2.24) is 0 Å². The number of nitro benzene ring substituents is 1. The molecule has 0 aliphatic rings. The number of rotatable bonds is 6. The SMILES string of the molecule is CC(CCC(=O)O)Oc1ccc(Br)cc1[N+](=O)[O-]. The number of carbonyl (C=O) groups is 1. The number of hydrogen-bond donors (Lipinski definition) is 1. The topological polar surface area (TPSA) is 89.7 Å². The first kappa shape index (κ1) is 14.4. The third-order valence-corrected chi connectivity index (χ3v) is 2.70. The predicted molar refractivity (Wildman–Crippen MR) is 67.8 cm³/mol. The second-order valence-corrected chi connectivity index (χ2v) is 4.65. The summed E-state index contributed by atoms with van der Waals surface area (Å²) < 4.78 is 5.97. The smallest absolute Gasteiger partial charge is 0.312 e. The molecule has 0 heterocycles. The molecule has 1 rings (SSSR count). The molecule has 6 nitrogen and oxygen atoms in total. The van der Waals surface area contributed by atoms with Gasteiger partial charge in [-0.25, -0.2) is 0 Å². The number of nitrogens with zero attached hydrogens (tertiary/aromatic N) is 1. The molecule has 0 spiro atoms. The summed E-state index contributed by atoms with van der Waals surface area (Å²) in [6, 6.07) is 4.46. The minimum atomic E-state index is -0.921. The number of carboxylic acids is 1. The van der Waals surface area contributed by atoms with E-state index in [1.54, 1.807) is 13.0 Å². The van der Waals surface area contributed by atoms with Gasteiger partial charge in [-0.1, -0.05) is 15.9 Å². The molecule has 1 atom stereocenters. The van der Waals surface area contributed by atoms with Crippen molar-refractivity contribution < 1.29 is 19.6 Å². The Hall–Kier alpha value is -1.63. The van der Waals surface area contributed by atoms with Gasteiger partial charge in [0.05, 0.1) is 11.0 Å². The van der Waals surface area contributed by atoms with Gasteiger partial charge in [-0.2, -0.15) is 0 Å². The fraction of sp³-hybridized carbons (Fsp3) is 0.364. The van der Waals surface area contributed by atoms with E-state index in [0.717, 1.165) is 0 Å². The van der Waals surface area contributed by atoms with E-state index in [2.05, 4.69) is 15.9 Å². The fourth-order valence-corrected chi connectivity index (χ4v) is 1.68. The number of benzene rings is 1. The Labute approximate surface area is 112 Å². The van der Waals surface area contributed by atoms with Crippen LogP contribution >= 0.6 is 15.9 Å². The van der Waals surface area contributed by atoms with E-state index in [4.69, 9.17) is 9.84 Å². The summed E-state index contributed by atoms with van der Waals surface area (Å²) in [6.07, 6.45) is -0.144. The third kappa shape index (κ3) is 4.33. The van der Waals surface area contributed by atoms with Gasteiger partial charge >= 0.3 is 11.7 Å². The third-order valence-electron chi connectivity index (χ3n) is 2.21. The molecule has 0 aromatic heterocycles. The molecule has 1 N–H and O–H groups in total. The zero-order valence-electron chi connectivity index (χ0n) is 9.63. The van der Waals surface area contributed by atoms with Crippen LogP contribution in [0.1, 0.15) is 19.8 Å². The molecule has 1 aromatic carbocycles. The molecule has 0 saturated heterocycles. The summed E-state index contributed by atoms with van der Waals surface area (Å²) in [6.45, 7) is 1.68. The van der Waals surface area contributed by atoms with Crippen molar-refractivity contribution in [2.24, 2.45) is 0 Å². The zero-order chi connectivity index (χ0) is 13.7.